The van der Waals surface area contributed by atoms with Crippen LogP contribution in [0.5, 0.6) is 5.75 Å². The number of aromatic nitrogens is 3. The minimum Gasteiger partial charge on any atom is -0.497 e. The van der Waals surface area contributed by atoms with E-state index in [0.29, 0.717) is 21.4 Å². The van der Waals surface area contributed by atoms with E-state index in [1.54, 1.807) is 25.6 Å². The van der Waals surface area contributed by atoms with Crippen LogP contribution in [0.3, 0.4) is 0 Å². The van der Waals surface area contributed by atoms with Crippen molar-refractivity contribution < 1.29 is 9.53 Å². The zero-order chi connectivity index (χ0) is 20.9. The molecule has 2 heterocycles. The van der Waals surface area contributed by atoms with E-state index in [1.807, 2.05) is 61.5 Å². The summed E-state index contributed by atoms with van der Waals surface area (Å²) >= 11 is 1.29. The number of nitrogens with one attached hydrogen (secondary N) is 1. The van der Waals surface area contributed by atoms with Crippen LogP contribution in [-0.2, 0) is 0 Å². The molecule has 1 amide bonds. The molecule has 1 unspecified atom stereocenters. The lowest BCUT2D eigenvalue weighted by molar-refractivity contribution is 0.0946. The molecule has 7 heteroatoms. The van der Waals surface area contributed by atoms with E-state index in [2.05, 4.69) is 20.3 Å². The Morgan fingerprint density at radius 2 is 1.63 bits per heavy atom. The third-order valence-electron chi connectivity index (χ3n) is 4.62. The van der Waals surface area contributed by atoms with E-state index in [0.717, 1.165) is 16.9 Å². The lowest BCUT2D eigenvalue weighted by Crippen LogP contribution is -2.29. The number of benzene rings is 2. The van der Waals surface area contributed by atoms with Crippen molar-refractivity contribution in [2.24, 2.45) is 0 Å². The summed E-state index contributed by atoms with van der Waals surface area (Å²) in [6, 6.07) is 19.0. The Hall–Kier alpha value is -3.58. The highest BCUT2D eigenvalue weighted by Gasteiger charge is 2.22. The highest BCUT2D eigenvalue weighted by Crippen LogP contribution is 2.28. The molecular formula is C23H20N4O2S. The van der Waals surface area contributed by atoms with Crippen molar-refractivity contribution in [3.8, 4) is 16.6 Å². The van der Waals surface area contributed by atoms with Gasteiger partial charge in [-0.25, -0.2) is 15.0 Å². The fourth-order valence-corrected chi connectivity index (χ4v) is 4.03. The molecule has 0 fully saturated rings. The number of hydrogen-bond donors (Lipinski definition) is 1. The fourth-order valence-electron chi connectivity index (χ4n) is 3.11. The van der Waals surface area contributed by atoms with Gasteiger partial charge in [-0.05, 0) is 36.2 Å². The quantitative estimate of drug-likeness (QED) is 0.503. The van der Waals surface area contributed by atoms with Crippen molar-refractivity contribution in [2.45, 2.75) is 13.0 Å². The van der Waals surface area contributed by atoms with Crippen LogP contribution in [0.25, 0.3) is 10.8 Å². The topological polar surface area (TPSA) is 77.0 Å². The standard InChI is InChI=1S/C23H20N4O2S/c1-15-20(30-23(26-15)21-24-13-6-14-25-21)22(28)27-19(16-7-4-3-5-8-16)17-9-11-18(29-2)12-10-17/h3-14,19H,1-2H3,(H,27,28). The van der Waals surface area contributed by atoms with E-state index in [1.165, 1.54) is 11.3 Å². The van der Waals surface area contributed by atoms with Gasteiger partial charge >= 0.3 is 0 Å². The van der Waals surface area contributed by atoms with Crippen LogP contribution in [0.15, 0.2) is 73.1 Å². The molecule has 0 saturated carbocycles. The smallest absolute Gasteiger partial charge is 0.264 e. The van der Waals surface area contributed by atoms with Crippen molar-refractivity contribution in [1.82, 2.24) is 20.3 Å². The first-order chi connectivity index (χ1) is 14.7. The molecule has 2 aromatic carbocycles. The van der Waals surface area contributed by atoms with Gasteiger partial charge in [0.1, 0.15) is 10.6 Å². The monoisotopic (exact) mass is 416 g/mol. The highest BCUT2D eigenvalue weighted by molar-refractivity contribution is 7.17. The van der Waals surface area contributed by atoms with Crippen LogP contribution < -0.4 is 10.1 Å². The molecule has 0 spiro atoms. The Morgan fingerprint density at radius 1 is 0.967 bits per heavy atom. The molecule has 0 aliphatic carbocycles. The largest absolute Gasteiger partial charge is 0.497 e. The summed E-state index contributed by atoms with van der Waals surface area (Å²) in [6.07, 6.45) is 3.32. The van der Waals surface area contributed by atoms with Crippen LogP contribution in [0.2, 0.25) is 0 Å². The second-order valence-electron chi connectivity index (χ2n) is 6.60. The maximum atomic E-state index is 13.2. The van der Waals surface area contributed by atoms with Gasteiger partial charge in [0.05, 0.1) is 18.8 Å². The maximum absolute atomic E-state index is 13.2. The van der Waals surface area contributed by atoms with Gasteiger partial charge in [0.15, 0.2) is 10.8 Å². The molecular weight excluding hydrogens is 396 g/mol. The van der Waals surface area contributed by atoms with Gasteiger partial charge in [0, 0.05) is 12.4 Å². The summed E-state index contributed by atoms with van der Waals surface area (Å²) in [6.45, 7) is 1.82. The second kappa shape index (κ2) is 8.84. The number of thiazole rings is 1. The molecule has 30 heavy (non-hydrogen) atoms. The minimum absolute atomic E-state index is 0.183. The van der Waals surface area contributed by atoms with Gasteiger partial charge in [0.2, 0.25) is 0 Å². The van der Waals surface area contributed by atoms with Crippen molar-refractivity contribution in [3.05, 3.63) is 94.8 Å². The van der Waals surface area contributed by atoms with Gasteiger partial charge in [-0.2, -0.15) is 0 Å². The number of ether oxygens (including phenoxy) is 1. The van der Waals surface area contributed by atoms with Crippen LogP contribution in [0.1, 0.15) is 32.5 Å². The number of rotatable bonds is 6. The Balaban J connectivity index is 1.64. The summed E-state index contributed by atoms with van der Waals surface area (Å²) in [5.74, 6) is 1.10. The first-order valence-electron chi connectivity index (χ1n) is 9.40. The summed E-state index contributed by atoms with van der Waals surface area (Å²) < 4.78 is 5.26. The first-order valence-corrected chi connectivity index (χ1v) is 10.2. The number of nitrogens with zero attached hydrogens (tertiary/aromatic N) is 3. The Labute approximate surface area is 178 Å². The molecule has 0 bridgehead atoms. The average molecular weight is 417 g/mol. The van der Waals surface area contributed by atoms with E-state index < -0.39 is 0 Å². The second-order valence-corrected chi connectivity index (χ2v) is 7.60. The highest BCUT2D eigenvalue weighted by atomic mass is 32.1. The van der Waals surface area contributed by atoms with Gasteiger partial charge in [-0.3, -0.25) is 4.79 Å². The SMILES string of the molecule is COc1ccc(C(NC(=O)c2sc(-c3ncccn3)nc2C)c2ccccc2)cc1. The van der Waals surface area contributed by atoms with Crippen LogP contribution >= 0.6 is 11.3 Å². The van der Waals surface area contributed by atoms with Crippen molar-refractivity contribution in [1.29, 1.82) is 0 Å². The molecule has 0 radical (unpaired) electrons. The Morgan fingerprint density at radius 3 is 2.30 bits per heavy atom. The van der Waals surface area contributed by atoms with Gasteiger partial charge in [-0.15, -0.1) is 11.3 Å². The lowest BCUT2D eigenvalue weighted by Gasteiger charge is -2.20. The van der Waals surface area contributed by atoms with E-state index in [-0.39, 0.29) is 11.9 Å². The van der Waals surface area contributed by atoms with Crippen LogP contribution in [0, 0.1) is 6.92 Å². The number of methoxy groups -OCH3 is 1. The third-order valence-corrected chi connectivity index (χ3v) is 5.77. The number of carbonyl (C=O) groups is 1. The first kappa shape index (κ1) is 19.7. The lowest BCUT2D eigenvalue weighted by atomic mass is 9.98. The van der Waals surface area contributed by atoms with Gasteiger partial charge < -0.3 is 10.1 Å². The fraction of sp³-hybridized carbons (Fsp3) is 0.130. The van der Waals surface area contributed by atoms with Gasteiger partial charge in [-0.1, -0.05) is 42.5 Å². The molecule has 1 atom stereocenters. The van der Waals surface area contributed by atoms with Crippen molar-refractivity contribution >= 4 is 17.2 Å². The molecule has 4 aromatic rings. The molecule has 6 nitrogen and oxygen atoms in total. The van der Waals surface area contributed by atoms with Crippen LogP contribution in [-0.4, -0.2) is 28.0 Å². The minimum atomic E-state index is -0.303. The Bertz CT molecular complexity index is 1130. The van der Waals surface area contributed by atoms with E-state index in [4.69, 9.17) is 4.74 Å². The summed E-state index contributed by atoms with van der Waals surface area (Å²) in [7, 11) is 1.63. The molecule has 0 saturated heterocycles. The molecule has 0 aliphatic heterocycles. The molecule has 150 valence electrons. The summed E-state index contributed by atoms with van der Waals surface area (Å²) in [4.78, 5) is 26.7. The predicted molar refractivity (Wildman–Crippen MR) is 117 cm³/mol. The summed E-state index contributed by atoms with van der Waals surface area (Å²) in [5.41, 5.74) is 2.61. The molecule has 4 rings (SSSR count). The van der Waals surface area contributed by atoms with Crippen LogP contribution in [0.4, 0.5) is 0 Å². The Kier molecular flexibility index (Phi) is 5.81. The van der Waals surface area contributed by atoms with Crippen molar-refractivity contribution in [2.75, 3.05) is 7.11 Å². The molecule has 2 aromatic heterocycles. The normalized spacial score (nSPS) is 11.7. The number of amides is 1. The molecule has 1 N–H and O–H groups in total. The third kappa shape index (κ3) is 4.21. The predicted octanol–water partition coefficient (Wildman–Crippen LogP) is 4.44. The number of aryl methyl sites for hydroxylation is 1. The average Bonchev–Trinajstić information content (AvgIpc) is 3.20. The van der Waals surface area contributed by atoms with E-state index >= 15 is 0 Å². The summed E-state index contributed by atoms with van der Waals surface area (Å²) in [5, 5.41) is 3.78. The number of hydrogen-bond acceptors (Lipinski definition) is 6. The number of carbonyl (C=O) groups excluding carboxylic acids is 1. The zero-order valence-corrected chi connectivity index (χ0v) is 17.4. The van der Waals surface area contributed by atoms with Crippen molar-refractivity contribution in [3.63, 3.8) is 0 Å². The maximum Gasteiger partial charge on any atom is 0.264 e. The molecule has 0 aliphatic rings. The van der Waals surface area contributed by atoms with E-state index in [9.17, 15) is 4.79 Å². The zero-order valence-electron chi connectivity index (χ0n) is 16.6. The van der Waals surface area contributed by atoms with Gasteiger partial charge in [0.25, 0.3) is 5.91 Å².